The molecule has 0 spiro atoms. The van der Waals surface area contributed by atoms with Gasteiger partial charge >= 0.3 is 0 Å². The van der Waals surface area contributed by atoms with Gasteiger partial charge in [0.05, 0.1) is 5.92 Å². The predicted molar refractivity (Wildman–Crippen MR) is 82.4 cm³/mol. The zero-order chi connectivity index (χ0) is 14.7. The van der Waals surface area contributed by atoms with Crippen molar-refractivity contribution in [3.8, 4) is 0 Å². The number of nitrogens with one attached hydrogen (secondary N) is 2. The molecule has 5 nitrogen and oxygen atoms in total. The third kappa shape index (κ3) is 3.44. The summed E-state index contributed by atoms with van der Waals surface area (Å²) in [5, 5.41) is 10.1. The topological polar surface area (TPSA) is 61.4 Å². The van der Waals surface area contributed by atoms with E-state index < -0.39 is 0 Å². The highest BCUT2D eigenvalue weighted by Crippen LogP contribution is 2.17. The Kier molecular flexibility index (Phi) is 4.55. The van der Waals surface area contributed by atoms with Crippen LogP contribution in [0, 0.1) is 5.92 Å². The van der Waals surface area contributed by atoms with Crippen molar-refractivity contribution in [2.24, 2.45) is 5.92 Å². The van der Waals surface area contributed by atoms with Gasteiger partial charge in [-0.1, -0.05) is 0 Å². The molecule has 2 fully saturated rings. The molecule has 2 amide bonds. The Morgan fingerprint density at radius 3 is 2.71 bits per heavy atom. The van der Waals surface area contributed by atoms with Crippen molar-refractivity contribution < 1.29 is 9.59 Å². The minimum absolute atomic E-state index is 0.000944. The smallest absolute Gasteiger partial charge is 0.252 e. The second-order valence-electron chi connectivity index (χ2n) is 5.77. The van der Waals surface area contributed by atoms with E-state index >= 15 is 0 Å². The van der Waals surface area contributed by atoms with Crippen molar-refractivity contribution >= 4 is 23.2 Å². The molecule has 0 saturated carbocycles. The van der Waals surface area contributed by atoms with Crippen molar-refractivity contribution in [2.45, 2.75) is 25.3 Å². The number of carbonyl (C=O) groups excluding carboxylic acids is 2. The van der Waals surface area contributed by atoms with E-state index in [0.29, 0.717) is 0 Å². The van der Waals surface area contributed by atoms with Gasteiger partial charge in [0.25, 0.3) is 5.91 Å². The highest BCUT2D eigenvalue weighted by atomic mass is 32.1. The van der Waals surface area contributed by atoms with Gasteiger partial charge in [0.2, 0.25) is 5.91 Å². The minimum Gasteiger partial charge on any atom is -0.349 e. The van der Waals surface area contributed by atoms with Crippen molar-refractivity contribution in [3.05, 3.63) is 22.4 Å². The summed E-state index contributed by atoms with van der Waals surface area (Å²) in [6.45, 7) is 3.27. The number of carbonyl (C=O) groups is 2. The van der Waals surface area contributed by atoms with Crippen LogP contribution in [0.15, 0.2) is 16.8 Å². The van der Waals surface area contributed by atoms with Crippen LogP contribution in [0.2, 0.25) is 0 Å². The fourth-order valence-electron chi connectivity index (χ4n) is 3.03. The molecule has 2 aliphatic heterocycles. The Morgan fingerprint density at radius 1 is 1.29 bits per heavy atom. The van der Waals surface area contributed by atoms with E-state index in [1.165, 1.54) is 11.3 Å². The van der Waals surface area contributed by atoms with Gasteiger partial charge in [-0.15, -0.1) is 0 Å². The highest BCUT2D eigenvalue weighted by Gasteiger charge is 2.30. The van der Waals surface area contributed by atoms with Gasteiger partial charge in [-0.2, -0.15) is 11.3 Å². The molecule has 0 aliphatic carbocycles. The Balaban J connectivity index is 1.46. The fourth-order valence-corrected chi connectivity index (χ4v) is 3.67. The van der Waals surface area contributed by atoms with Crippen LogP contribution < -0.4 is 10.6 Å². The van der Waals surface area contributed by atoms with Gasteiger partial charge in [0, 0.05) is 36.6 Å². The Hall–Kier alpha value is -1.40. The molecule has 3 rings (SSSR count). The summed E-state index contributed by atoms with van der Waals surface area (Å²) >= 11 is 1.53. The first-order chi connectivity index (χ1) is 10.2. The first-order valence-corrected chi connectivity index (χ1v) is 8.51. The van der Waals surface area contributed by atoms with Crippen LogP contribution in [0.4, 0.5) is 0 Å². The first kappa shape index (κ1) is 14.5. The van der Waals surface area contributed by atoms with Crippen LogP contribution in [0.25, 0.3) is 0 Å². The second kappa shape index (κ2) is 6.58. The Bertz CT molecular complexity index is 489. The molecule has 0 aromatic carbocycles. The van der Waals surface area contributed by atoms with Gasteiger partial charge < -0.3 is 15.5 Å². The number of rotatable bonds is 3. The van der Waals surface area contributed by atoms with E-state index in [1.54, 1.807) is 0 Å². The lowest BCUT2D eigenvalue weighted by Crippen LogP contribution is -2.48. The summed E-state index contributed by atoms with van der Waals surface area (Å²) in [6.07, 6.45) is 2.65. The average Bonchev–Trinajstić information content (AvgIpc) is 3.20. The summed E-state index contributed by atoms with van der Waals surface area (Å²) in [5.41, 5.74) is 0.732. The van der Waals surface area contributed by atoms with Crippen molar-refractivity contribution in [1.29, 1.82) is 0 Å². The lowest BCUT2D eigenvalue weighted by Gasteiger charge is -2.33. The number of likely N-dealkylation sites (tertiary alicyclic amines) is 1. The molecule has 0 radical (unpaired) electrons. The van der Waals surface area contributed by atoms with E-state index in [1.807, 2.05) is 21.7 Å². The zero-order valence-corrected chi connectivity index (χ0v) is 12.8. The lowest BCUT2D eigenvalue weighted by molar-refractivity contribution is -0.136. The van der Waals surface area contributed by atoms with Crippen LogP contribution in [-0.4, -0.2) is 48.9 Å². The molecular formula is C15H21N3O2S. The monoisotopic (exact) mass is 307 g/mol. The molecule has 2 N–H and O–H groups in total. The summed E-state index contributed by atoms with van der Waals surface area (Å²) < 4.78 is 0. The largest absolute Gasteiger partial charge is 0.349 e. The van der Waals surface area contributed by atoms with Gasteiger partial charge in [-0.3, -0.25) is 9.59 Å². The van der Waals surface area contributed by atoms with Gasteiger partial charge in [0.1, 0.15) is 0 Å². The normalized spacial score (nSPS) is 23.2. The molecule has 2 saturated heterocycles. The molecule has 6 heteroatoms. The minimum atomic E-state index is 0.000944. The SMILES string of the molecule is O=C(NC1CCN(C(=O)C2CCNC2)CC1)c1ccsc1. The summed E-state index contributed by atoms with van der Waals surface area (Å²) in [5.74, 6) is 0.436. The third-order valence-corrected chi connectivity index (χ3v) is 5.02. The Labute approximate surface area is 128 Å². The van der Waals surface area contributed by atoms with E-state index in [4.69, 9.17) is 0 Å². The molecule has 1 aromatic heterocycles. The molecule has 114 valence electrons. The lowest BCUT2D eigenvalue weighted by atomic mass is 10.0. The number of nitrogens with zero attached hydrogens (tertiary/aromatic N) is 1. The maximum Gasteiger partial charge on any atom is 0.252 e. The second-order valence-corrected chi connectivity index (χ2v) is 6.55. The molecule has 3 heterocycles. The van der Waals surface area contributed by atoms with Crippen LogP contribution in [0.5, 0.6) is 0 Å². The number of thiophene rings is 1. The molecule has 1 aromatic rings. The number of hydrogen-bond donors (Lipinski definition) is 2. The zero-order valence-electron chi connectivity index (χ0n) is 12.0. The molecule has 1 unspecified atom stereocenters. The summed E-state index contributed by atoms with van der Waals surface area (Å²) in [4.78, 5) is 26.3. The highest BCUT2D eigenvalue weighted by molar-refractivity contribution is 7.08. The van der Waals surface area contributed by atoms with Crippen LogP contribution >= 0.6 is 11.3 Å². The first-order valence-electron chi connectivity index (χ1n) is 7.56. The fraction of sp³-hybridized carbons (Fsp3) is 0.600. The van der Waals surface area contributed by atoms with E-state index in [9.17, 15) is 9.59 Å². The molecular weight excluding hydrogens is 286 g/mol. The van der Waals surface area contributed by atoms with Crippen molar-refractivity contribution in [3.63, 3.8) is 0 Å². The van der Waals surface area contributed by atoms with E-state index in [0.717, 1.165) is 51.0 Å². The average molecular weight is 307 g/mol. The molecule has 0 bridgehead atoms. The van der Waals surface area contributed by atoms with Gasteiger partial charge in [0.15, 0.2) is 0 Å². The summed E-state index contributed by atoms with van der Waals surface area (Å²) in [7, 11) is 0. The number of piperidine rings is 1. The molecule has 1 atom stereocenters. The standard InChI is InChI=1S/C15H21N3O2S/c19-14(12-4-8-21-10-12)17-13-2-6-18(7-3-13)15(20)11-1-5-16-9-11/h4,8,10-11,13,16H,1-3,5-7,9H2,(H,17,19). The molecule has 2 aliphatic rings. The summed E-state index contributed by atoms with van der Waals surface area (Å²) in [6, 6.07) is 2.02. The van der Waals surface area contributed by atoms with E-state index in [-0.39, 0.29) is 23.8 Å². The Morgan fingerprint density at radius 2 is 2.10 bits per heavy atom. The number of amides is 2. The quantitative estimate of drug-likeness (QED) is 0.878. The molecule has 21 heavy (non-hydrogen) atoms. The predicted octanol–water partition coefficient (Wildman–Crippen LogP) is 1.08. The van der Waals surface area contributed by atoms with Crippen molar-refractivity contribution in [1.82, 2.24) is 15.5 Å². The van der Waals surface area contributed by atoms with Crippen LogP contribution in [0.3, 0.4) is 0 Å². The maximum absolute atomic E-state index is 12.3. The maximum atomic E-state index is 12.3. The third-order valence-electron chi connectivity index (χ3n) is 4.33. The van der Waals surface area contributed by atoms with Gasteiger partial charge in [-0.05, 0) is 37.3 Å². The van der Waals surface area contributed by atoms with Gasteiger partial charge in [-0.25, -0.2) is 0 Å². The van der Waals surface area contributed by atoms with E-state index in [2.05, 4.69) is 10.6 Å². The van der Waals surface area contributed by atoms with Crippen LogP contribution in [-0.2, 0) is 4.79 Å². The van der Waals surface area contributed by atoms with Crippen molar-refractivity contribution in [2.75, 3.05) is 26.2 Å². The van der Waals surface area contributed by atoms with Crippen LogP contribution in [0.1, 0.15) is 29.6 Å². The number of hydrogen-bond acceptors (Lipinski definition) is 4.